The normalized spacial score (nSPS) is 35.5. The number of unbranched alkanes of at least 4 members (excludes halogenated alkanes) is 1. The van der Waals surface area contributed by atoms with Gasteiger partial charge in [0.25, 0.3) is 5.88 Å². The standard InChI is InChI=1S/C18H26N2O5/c1-5-6-7-23-17-13-15(25-19-17)14(20(2)3)11-8-10-9-12(22-4)18(11,24-10)16(13)21/h9-11,14,16,21H,5-8H2,1-4H3/t10-,11-,14-,16+,18+/m0/s1. The molecule has 7 nitrogen and oxygen atoms in total. The first-order chi connectivity index (χ1) is 12.0. The average Bonchev–Trinajstić information content (AvgIpc) is 3.26. The van der Waals surface area contributed by atoms with Gasteiger partial charge in [-0.2, -0.15) is 0 Å². The van der Waals surface area contributed by atoms with Crippen LogP contribution in [0.3, 0.4) is 0 Å². The molecule has 4 rings (SSSR count). The Balaban J connectivity index is 1.80. The van der Waals surface area contributed by atoms with Crippen LogP contribution in [0.2, 0.25) is 0 Å². The predicted octanol–water partition coefficient (Wildman–Crippen LogP) is 2.19. The van der Waals surface area contributed by atoms with Gasteiger partial charge >= 0.3 is 0 Å². The minimum absolute atomic E-state index is 0.0337. The highest BCUT2D eigenvalue weighted by Gasteiger charge is 2.68. The second-order valence-corrected chi connectivity index (χ2v) is 7.31. The minimum Gasteiger partial charge on any atom is -0.498 e. The zero-order valence-corrected chi connectivity index (χ0v) is 15.2. The Hall–Kier alpha value is -1.57. The molecule has 0 radical (unpaired) electrons. The van der Waals surface area contributed by atoms with Crippen LogP contribution in [0.5, 0.6) is 5.88 Å². The lowest BCUT2D eigenvalue weighted by molar-refractivity contribution is -0.132. The molecule has 2 aliphatic heterocycles. The van der Waals surface area contributed by atoms with Crippen molar-refractivity contribution >= 4 is 0 Å². The Bertz CT molecular complexity index is 685. The van der Waals surface area contributed by atoms with Crippen molar-refractivity contribution in [1.82, 2.24) is 10.1 Å². The quantitative estimate of drug-likeness (QED) is 0.788. The molecule has 7 heteroatoms. The van der Waals surface area contributed by atoms with Gasteiger partial charge in [-0.15, -0.1) is 0 Å². The van der Waals surface area contributed by atoms with Crippen LogP contribution in [-0.4, -0.2) is 54.7 Å². The molecular weight excluding hydrogens is 324 g/mol. The van der Waals surface area contributed by atoms with Crippen molar-refractivity contribution in [2.45, 2.75) is 50.0 Å². The van der Waals surface area contributed by atoms with Crippen LogP contribution >= 0.6 is 0 Å². The first-order valence-electron chi connectivity index (χ1n) is 8.95. The Labute approximate surface area is 147 Å². The zero-order valence-electron chi connectivity index (χ0n) is 15.2. The van der Waals surface area contributed by atoms with Gasteiger partial charge in [-0.05, 0) is 38.2 Å². The van der Waals surface area contributed by atoms with Crippen molar-refractivity contribution in [3.63, 3.8) is 0 Å². The molecule has 25 heavy (non-hydrogen) atoms. The number of methoxy groups -OCH3 is 1. The highest BCUT2D eigenvalue weighted by atomic mass is 16.6. The monoisotopic (exact) mass is 350 g/mol. The Morgan fingerprint density at radius 2 is 2.24 bits per heavy atom. The molecule has 0 amide bonds. The summed E-state index contributed by atoms with van der Waals surface area (Å²) < 4.78 is 23.3. The molecule has 1 spiro atoms. The van der Waals surface area contributed by atoms with Crippen LogP contribution in [0.15, 0.2) is 16.4 Å². The van der Waals surface area contributed by atoms with E-state index in [1.165, 1.54) is 0 Å². The van der Waals surface area contributed by atoms with Crippen LogP contribution in [0.25, 0.3) is 0 Å². The van der Waals surface area contributed by atoms with Crippen molar-refractivity contribution in [2.75, 3.05) is 27.8 Å². The molecule has 3 heterocycles. The van der Waals surface area contributed by atoms with Gasteiger partial charge in [-0.25, -0.2) is 0 Å². The van der Waals surface area contributed by atoms with Gasteiger partial charge in [0.15, 0.2) is 11.4 Å². The number of ether oxygens (including phenoxy) is 3. The highest BCUT2D eigenvalue weighted by molar-refractivity contribution is 5.45. The number of aliphatic hydroxyl groups excluding tert-OH is 1. The van der Waals surface area contributed by atoms with E-state index in [9.17, 15) is 5.11 Å². The molecular formula is C18H26N2O5. The molecule has 138 valence electrons. The molecule has 1 aromatic rings. The molecule has 1 aliphatic carbocycles. The fourth-order valence-electron chi connectivity index (χ4n) is 4.61. The summed E-state index contributed by atoms with van der Waals surface area (Å²) in [5.74, 6) is 1.77. The van der Waals surface area contributed by atoms with Crippen LogP contribution in [0.4, 0.5) is 0 Å². The molecule has 1 fully saturated rings. The molecule has 0 unspecified atom stereocenters. The van der Waals surface area contributed by atoms with Crippen molar-refractivity contribution in [1.29, 1.82) is 0 Å². The van der Waals surface area contributed by atoms with Gasteiger partial charge in [-0.3, -0.25) is 4.90 Å². The van der Waals surface area contributed by atoms with Gasteiger partial charge in [-0.1, -0.05) is 13.3 Å². The third-order valence-corrected chi connectivity index (χ3v) is 5.67. The number of hydrogen-bond acceptors (Lipinski definition) is 7. The fraction of sp³-hybridized carbons (Fsp3) is 0.722. The maximum Gasteiger partial charge on any atom is 0.260 e. The van der Waals surface area contributed by atoms with E-state index in [1.54, 1.807) is 7.11 Å². The minimum atomic E-state index is -0.926. The molecule has 1 saturated heterocycles. The average molecular weight is 350 g/mol. The van der Waals surface area contributed by atoms with E-state index < -0.39 is 11.7 Å². The van der Waals surface area contributed by atoms with Crippen LogP contribution in [0, 0.1) is 5.92 Å². The number of aliphatic hydroxyl groups is 1. The Morgan fingerprint density at radius 3 is 2.92 bits per heavy atom. The van der Waals surface area contributed by atoms with Gasteiger partial charge in [0.2, 0.25) is 0 Å². The lowest BCUT2D eigenvalue weighted by atomic mass is 9.66. The topological polar surface area (TPSA) is 77.2 Å². The summed E-state index contributed by atoms with van der Waals surface area (Å²) in [6.07, 6.45) is 3.77. The van der Waals surface area contributed by atoms with Gasteiger partial charge in [0, 0.05) is 5.92 Å². The maximum atomic E-state index is 11.3. The summed E-state index contributed by atoms with van der Waals surface area (Å²) >= 11 is 0. The van der Waals surface area contributed by atoms with E-state index in [0.29, 0.717) is 29.6 Å². The van der Waals surface area contributed by atoms with Gasteiger partial charge in [0.05, 0.1) is 31.4 Å². The molecule has 3 aliphatic rings. The number of rotatable bonds is 6. The number of aromatic nitrogens is 1. The van der Waals surface area contributed by atoms with Crippen LogP contribution in [0.1, 0.15) is 49.7 Å². The van der Waals surface area contributed by atoms with E-state index in [2.05, 4.69) is 17.0 Å². The molecule has 1 aromatic heterocycles. The van der Waals surface area contributed by atoms with Crippen LogP contribution in [-0.2, 0) is 9.47 Å². The van der Waals surface area contributed by atoms with Gasteiger partial charge < -0.3 is 23.8 Å². The second kappa shape index (κ2) is 6.00. The van der Waals surface area contributed by atoms with E-state index in [-0.39, 0.29) is 18.1 Å². The SMILES string of the molecule is CCCCOc1noc2c1[C@@H](O)[C@]13O[C@H](C=C1OC)C[C@H]3[C@@H]2N(C)C. The van der Waals surface area contributed by atoms with E-state index in [1.807, 2.05) is 20.2 Å². The third-order valence-electron chi connectivity index (χ3n) is 5.67. The van der Waals surface area contributed by atoms with Crippen molar-refractivity contribution < 1.29 is 23.8 Å². The summed E-state index contributed by atoms with van der Waals surface area (Å²) in [5.41, 5.74) is -0.299. The first-order valence-corrected chi connectivity index (χ1v) is 8.95. The highest BCUT2D eigenvalue weighted by Crippen LogP contribution is 2.63. The zero-order chi connectivity index (χ0) is 17.8. The summed E-state index contributed by atoms with van der Waals surface area (Å²) in [6.45, 7) is 2.64. The smallest absolute Gasteiger partial charge is 0.260 e. The molecule has 0 aromatic carbocycles. The molecule has 1 N–H and O–H groups in total. The summed E-state index contributed by atoms with van der Waals surface area (Å²) in [4.78, 5) is 2.09. The maximum absolute atomic E-state index is 11.3. The number of nitrogens with zero attached hydrogens (tertiary/aromatic N) is 2. The second-order valence-electron chi connectivity index (χ2n) is 7.31. The molecule has 5 atom stereocenters. The summed E-state index contributed by atoms with van der Waals surface area (Å²) in [5, 5.41) is 15.4. The lowest BCUT2D eigenvalue weighted by Crippen LogP contribution is -2.51. The van der Waals surface area contributed by atoms with Crippen molar-refractivity contribution in [3.05, 3.63) is 23.2 Å². The first kappa shape index (κ1) is 16.9. The number of fused-ring (bicyclic) bond motifs is 2. The fourth-order valence-corrected chi connectivity index (χ4v) is 4.61. The third kappa shape index (κ3) is 2.19. The van der Waals surface area contributed by atoms with Crippen molar-refractivity contribution in [3.8, 4) is 5.88 Å². The largest absolute Gasteiger partial charge is 0.498 e. The van der Waals surface area contributed by atoms with Crippen molar-refractivity contribution in [2.24, 2.45) is 5.92 Å². The summed E-state index contributed by atoms with van der Waals surface area (Å²) in [7, 11) is 5.63. The molecule has 0 saturated carbocycles. The number of hydrogen-bond donors (Lipinski definition) is 1. The predicted molar refractivity (Wildman–Crippen MR) is 89.1 cm³/mol. The Kier molecular flexibility index (Phi) is 4.05. The van der Waals surface area contributed by atoms with E-state index >= 15 is 0 Å². The molecule has 2 bridgehead atoms. The van der Waals surface area contributed by atoms with E-state index in [4.69, 9.17) is 18.7 Å². The Morgan fingerprint density at radius 1 is 1.44 bits per heavy atom. The summed E-state index contributed by atoms with van der Waals surface area (Å²) in [6, 6.07) is -0.0572. The van der Waals surface area contributed by atoms with E-state index in [0.717, 1.165) is 19.3 Å². The lowest BCUT2D eigenvalue weighted by Gasteiger charge is -2.46. The van der Waals surface area contributed by atoms with Crippen LogP contribution < -0.4 is 4.74 Å². The van der Waals surface area contributed by atoms with Gasteiger partial charge in [0.1, 0.15) is 11.9 Å².